The molecule has 4 heteroatoms. The van der Waals surface area contributed by atoms with Crippen molar-refractivity contribution in [1.82, 2.24) is 9.97 Å². The number of hydrogen-bond donors (Lipinski definition) is 0. The van der Waals surface area contributed by atoms with Crippen molar-refractivity contribution in [2.75, 3.05) is 5.33 Å². The third-order valence-corrected chi connectivity index (χ3v) is 2.89. The summed E-state index contributed by atoms with van der Waals surface area (Å²) in [5.74, 6) is 1.56. The van der Waals surface area contributed by atoms with Crippen molar-refractivity contribution in [3.63, 3.8) is 0 Å². The molecule has 1 aromatic rings. The lowest BCUT2D eigenvalue weighted by atomic mass is 10.1. The van der Waals surface area contributed by atoms with E-state index in [1.165, 1.54) is 0 Å². The SMILES string of the molecule is Cc1nc(C)c2c(n1)OC(CBr)C2. The van der Waals surface area contributed by atoms with Gasteiger partial charge in [-0.25, -0.2) is 4.98 Å². The highest BCUT2D eigenvalue weighted by Gasteiger charge is 2.25. The van der Waals surface area contributed by atoms with Crippen molar-refractivity contribution in [1.29, 1.82) is 0 Å². The number of nitrogens with zero attached hydrogens (tertiary/aromatic N) is 2. The number of hydrogen-bond acceptors (Lipinski definition) is 3. The maximum absolute atomic E-state index is 5.62. The molecule has 0 bridgehead atoms. The minimum atomic E-state index is 0.227. The summed E-state index contributed by atoms with van der Waals surface area (Å²) in [6, 6.07) is 0. The van der Waals surface area contributed by atoms with Gasteiger partial charge in [-0.15, -0.1) is 0 Å². The Bertz CT molecular complexity index is 341. The topological polar surface area (TPSA) is 35.0 Å². The zero-order chi connectivity index (χ0) is 9.42. The van der Waals surface area contributed by atoms with E-state index in [0.717, 1.165) is 34.7 Å². The molecule has 1 aliphatic heterocycles. The van der Waals surface area contributed by atoms with Gasteiger partial charge in [0.05, 0.1) is 0 Å². The number of aromatic nitrogens is 2. The predicted molar refractivity (Wildman–Crippen MR) is 53.4 cm³/mol. The Morgan fingerprint density at radius 2 is 2.23 bits per heavy atom. The fourth-order valence-electron chi connectivity index (χ4n) is 1.55. The molecule has 1 atom stereocenters. The van der Waals surface area contributed by atoms with Crippen LogP contribution in [-0.4, -0.2) is 21.4 Å². The molecule has 0 fully saturated rings. The van der Waals surface area contributed by atoms with E-state index in [2.05, 4.69) is 25.9 Å². The van der Waals surface area contributed by atoms with Crippen molar-refractivity contribution < 1.29 is 4.74 Å². The van der Waals surface area contributed by atoms with Crippen LogP contribution in [0.15, 0.2) is 0 Å². The van der Waals surface area contributed by atoms with Gasteiger partial charge in [-0.2, -0.15) is 4.98 Å². The highest BCUT2D eigenvalue weighted by atomic mass is 79.9. The Balaban J connectivity index is 2.40. The molecule has 13 heavy (non-hydrogen) atoms. The quantitative estimate of drug-likeness (QED) is 0.705. The summed E-state index contributed by atoms with van der Waals surface area (Å²) in [7, 11) is 0. The average molecular weight is 243 g/mol. The molecule has 0 N–H and O–H groups in total. The van der Waals surface area contributed by atoms with Crippen molar-refractivity contribution in [2.24, 2.45) is 0 Å². The molecular formula is C9H11BrN2O. The summed E-state index contributed by atoms with van der Waals surface area (Å²) in [6.45, 7) is 3.89. The van der Waals surface area contributed by atoms with E-state index in [-0.39, 0.29) is 6.10 Å². The summed E-state index contributed by atoms with van der Waals surface area (Å²) in [4.78, 5) is 8.57. The van der Waals surface area contributed by atoms with Crippen LogP contribution in [-0.2, 0) is 6.42 Å². The highest BCUT2D eigenvalue weighted by molar-refractivity contribution is 9.09. The van der Waals surface area contributed by atoms with Crippen molar-refractivity contribution in [2.45, 2.75) is 26.4 Å². The molecule has 0 aliphatic carbocycles. The van der Waals surface area contributed by atoms with E-state index in [1.54, 1.807) is 0 Å². The van der Waals surface area contributed by atoms with Gasteiger partial charge in [0.25, 0.3) is 0 Å². The maximum Gasteiger partial charge on any atom is 0.220 e. The molecule has 0 radical (unpaired) electrons. The molecule has 0 amide bonds. The Hall–Kier alpha value is -0.640. The van der Waals surface area contributed by atoms with Gasteiger partial charge in [0.1, 0.15) is 11.9 Å². The van der Waals surface area contributed by atoms with E-state index < -0.39 is 0 Å². The van der Waals surface area contributed by atoms with Gasteiger partial charge in [-0.3, -0.25) is 0 Å². The number of rotatable bonds is 1. The third kappa shape index (κ3) is 1.55. The van der Waals surface area contributed by atoms with Crippen LogP contribution in [0.4, 0.5) is 0 Å². The van der Waals surface area contributed by atoms with Crippen LogP contribution >= 0.6 is 15.9 Å². The lowest BCUT2D eigenvalue weighted by molar-refractivity contribution is 0.251. The van der Waals surface area contributed by atoms with Crippen molar-refractivity contribution in [3.05, 3.63) is 17.1 Å². The lowest BCUT2D eigenvalue weighted by Crippen LogP contribution is -2.14. The van der Waals surface area contributed by atoms with Gasteiger partial charge in [-0.1, -0.05) is 15.9 Å². The van der Waals surface area contributed by atoms with Crippen LogP contribution < -0.4 is 4.74 Å². The molecule has 1 unspecified atom stereocenters. The van der Waals surface area contributed by atoms with Crippen molar-refractivity contribution >= 4 is 15.9 Å². The number of alkyl halides is 1. The first-order valence-corrected chi connectivity index (χ1v) is 5.39. The van der Waals surface area contributed by atoms with Gasteiger partial charge in [0, 0.05) is 23.0 Å². The zero-order valence-electron chi connectivity index (χ0n) is 7.67. The Labute approximate surface area is 85.7 Å². The average Bonchev–Trinajstić information content (AvgIpc) is 2.47. The third-order valence-electron chi connectivity index (χ3n) is 2.17. The second-order valence-electron chi connectivity index (χ2n) is 3.24. The molecule has 0 spiro atoms. The van der Waals surface area contributed by atoms with E-state index in [4.69, 9.17) is 4.74 Å². The van der Waals surface area contributed by atoms with E-state index in [1.807, 2.05) is 13.8 Å². The molecule has 0 saturated carbocycles. The van der Waals surface area contributed by atoms with Crippen LogP contribution in [0, 0.1) is 13.8 Å². The van der Waals surface area contributed by atoms with E-state index in [0.29, 0.717) is 0 Å². The molecule has 1 aliphatic rings. The Morgan fingerprint density at radius 3 is 2.92 bits per heavy atom. The maximum atomic E-state index is 5.62. The Morgan fingerprint density at radius 1 is 1.46 bits per heavy atom. The smallest absolute Gasteiger partial charge is 0.220 e. The largest absolute Gasteiger partial charge is 0.473 e. The molecule has 0 saturated heterocycles. The van der Waals surface area contributed by atoms with Crippen LogP contribution in [0.25, 0.3) is 0 Å². The zero-order valence-corrected chi connectivity index (χ0v) is 9.26. The number of ether oxygens (including phenoxy) is 1. The fraction of sp³-hybridized carbons (Fsp3) is 0.556. The number of aryl methyl sites for hydroxylation is 2. The van der Waals surface area contributed by atoms with E-state index >= 15 is 0 Å². The molecule has 2 heterocycles. The summed E-state index contributed by atoms with van der Waals surface area (Å²) in [6.07, 6.45) is 1.15. The first kappa shape index (κ1) is 8.94. The summed E-state index contributed by atoms with van der Waals surface area (Å²) < 4.78 is 5.62. The van der Waals surface area contributed by atoms with Gasteiger partial charge in [0.2, 0.25) is 5.88 Å². The van der Waals surface area contributed by atoms with Gasteiger partial charge < -0.3 is 4.74 Å². The number of halogens is 1. The minimum Gasteiger partial charge on any atom is -0.473 e. The van der Waals surface area contributed by atoms with Crippen molar-refractivity contribution in [3.8, 4) is 5.88 Å². The normalized spacial score (nSPS) is 19.8. The highest BCUT2D eigenvalue weighted by Crippen LogP contribution is 2.28. The minimum absolute atomic E-state index is 0.227. The molecule has 3 nitrogen and oxygen atoms in total. The monoisotopic (exact) mass is 242 g/mol. The summed E-state index contributed by atoms with van der Waals surface area (Å²) in [5, 5.41) is 0.849. The second kappa shape index (κ2) is 3.25. The predicted octanol–water partition coefficient (Wildman–Crippen LogP) is 1.79. The van der Waals surface area contributed by atoms with Gasteiger partial charge >= 0.3 is 0 Å². The van der Waals surface area contributed by atoms with E-state index in [9.17, 15) is 0 Å². The molecule has 0 aromatic carbocycles. The molecule has 2 rings (SSSR count). The molecular weight excluding hydrogens is 232 g/mol. The van der Waals surface area contributed by atoms with Gasteiger partial charge in [-0.05, 0) is 13.8 Å². The van der Waals surface area contributed by atoms with Crippen LogP contribution in [0.5, 0.6) is 5.88 Å². The Kier molecular flexibility index (Phi) is 2.24. The van der Waals surface area contributed by atoms with Crippen LogP contribution in [0.1, 0.15) is 17.1 Å². The first-order chi connectivity index (χ1) is 6.20. The standard InChI is InChI=1S/C9H11BrN2O/c1-5-8-3-7(4-10)13-9(8)12-6(2)11-5/h7H,3-4H2,1-2H3. The first-order valence-electron chi connectivity index (χ1n) is 4.27. The lowest BCUT2D eigenvalue weighted by Gasteiger charge is -2.04. The van der Waals surface area contributed by atoms with Gasteiger partial charge in [0.15, 0.2) is 0 Å². The van der Waals surface area contributed by atoms with Crippen LogP contribution in [0.3, 0.4) is 0 Å². The second-order valence-corrected chi connectivity index (χ2v) is 3.89. The fourth-order valence-corrected chi connectivity index (χ4v) is 1.91. The summed E-state index contributed by atoms with van der Waals surface area (Å²) in [5.41, 5.74) is 2.21. The molecule has 1 aromatic heterocycles. The van der Waals surface area contributed by atoms with Crippen LogP contribution in [0.2, 0.25) is 0 Å². The number of fused-ring (bicyclic) bond motifs is 1. The molecule has 70 valence electrons. The summed E-state index contributed by atoms with van der Waals surface area (Å²) >= 11 is 3.41.